The second-order valence-corrected chi connectivity index (χ2v) is 4.53. The number of nitrogen functional groups attached to an aromatic ring is 1. The smallest absolute Gasteiger partial charge is 0.132 e. The van der Waals surface area contributed by atoms with Gasteiger partial charge in [-0.2, -0.15) is 0 Å². The number of fused-ring (bicyclic) bond motifs is 1. The van der Waals surface area contributed by atoms with Crippen LogP contribution in [-0.4, -0.2) is 9.97 Å². The van der Waals surface area contributed by atoms with Crippen molar-refractivity contribution in [3.8, 4) is 0 Å². The van der Waals surface area contributed by atoms with E-state index in [4.69, 9.17) is 5.73 Å². The lowest BCUT2D eigenvalue weighted by atomic mass is 10.1. The van der Waals surface area contributed by atoms with Crippen LogP contribution in [0.4, 0.5) is 5.69 Å². The number of hydrogen-bond donors (Lipinski definition) is 1. The molecule has 1 heterocycles. The predicted octanol–water partition coefficient (Wildman–Crippen LogP) is 2.14. The number of anilines is 1. The molecule has 2 N–H and O–H groups in total. The first-order valence-corrected chi connectivity index (χ1v) is 5.99. The van der Waals surface area contributed by atoms with Gasteiger partial charge in [-0.15, -0.1) is 0 Å². The van der Waals surface area contributed by atoms with Crippen molar-refractivity contribution in [2.75, 3.05) is 5.73 Å². The Hall–Kier alpha value is -1.90. The quantitative estimate of drug-likeness (QED) is 0.797. The number of nitrogens with zero attached hydrogens (tertiary/aromatic N) is 2. The van der Waals surface area contributed by atoms with Crippen molar-refractivity contribution >= 4 is 5.69 Å². The molecule has 0 fully saturated rings. The van der Waals surface area contributed by atoms with Gasteiger partial charge in [-0.3, -0.25) is 0 Å². The Bertz CT molecular complexity index is 532. The van der Waals surface area contributed by atoms with E-state index in [1.165, 1.54) is 23.2 Å². The average Bonchev–Trinajstić information content (AvgIpc) is 2.79. The average molecular weight is 225 g/mol. The minimum Gasteiger partial charge on any atom is -0.399 e. The molecule has 86 valence electrons. The van der Waals surface area contributed by atoms with Crippen molar-refractivity contribution in [2.45, 2.75) is 25.7 Å². The van der Waals surface area contributed by atoms with Gasteiger partial charge in [-0.05, 0) is 42.5 Å². The van der Waals surface area contributed by atoms with Gasteiger partial charge in [0.1, 0.15) is 5.82 Å². The standard InChI is InChI=1S/C14H15N3/c15-12-6-4-10(5-7-12)8-14-16-9-11-2-1-3-13(11)17-14/h4-7,9H,1-3,8,15H2. The van der Waals surface area contributed by atoms with Gasteiger partial charge < -0.3 is 5.73 Å². The summed E-state index contributed by atoms with van der Waals surface area (Å²) < 4.78 is 0. The number of aromatic nitrogens is 2. The molecule has 0 saturated carbocycles. The molecule has 1 aromatic carbocycles. The highest BCUT2D eigenvalue weighted by Crippen LogP contribution is 2.19. The topological polar surface area (TPSA) is 51.8 Å². The van der Waals surface area contributed by atoms with Gasteiger partial charge in [0, 0.05) is 24.0 Å². The van der Waals surface area contributed by atoms with E-state index >= 15 is 0 Å². The molecule has 0 bridgehead atoms. The van der Waals surface area contributed by atoms with Gasteiger partial charge >= 0.3 is 0 Å². The van der Waals surface area contributed by atoms with Crippen LogP contribution in [0.25, 0.3) is 0 Å². The fourth-order valence-corrected chi connectivity index (χ4v) is 2.26. The molecule has 0 saturated heterocycles. The molecule has 0 aliphatic heterocycles. The van der Waals surface area contributed by atoms with Gasteiger partial charge in [0.25, 0.3) is 0 Å². The van der Waals surface area contributed by atoms with Crippen LogP contribution in [0.1, 0.15) is 29.1 Å². The summed E-state index contributed by atoms with van der Waals surface area (Å²) in [6, 6.07) is 7.91. The third-order valence-electron chi connectivity index (χ3n) is 3.21. The van der Waals surface area contributed by atoms with Crippen molar-refractivity contribution in [1.29, 1.82) is 0 Å². The SMILES string of the molecule is Nc1ccc(Cc2ncc3c(n2)CCC3)cc1. The van der Waals surface area contributed by atoms with E-state index in [0.29, 0.717) is 0 Å². The van der Waals surface area contributed by atoms with Gasteiger partial charge in [-0.25, -0.2) is 9.97 Å². The largest absolute Gasteiger partial charge is 0.399 e. The summed E-state index contributed by atoms with van der Waals surface area (Å²) >= 11 is 0. The molecule has 3 nitrogen and oxygen atoms in total. The monoisotopic (exact) mass is 225 g/mol. The van der Waals surface area contributed by atoms with Crippen LogP contribution >= 0.6 is 0 Å². The van der Waals surface area contributed by atoms with Crippen LogP contribution in [0.2, 0.25) is 0 Å². The molecule has 1 aromatic heterocycles. The van der Waals surface area contributed by atoms with E-state index in [1.807, 2.05) is 30.5 Å². The summed E-state index contributed by atoms with van der Waals surface area (Å²) in [5.74, 6) is 0.912. The van der Waals surface area contributed by atoms with Crippen LogP contribution in [0.5, 0.6) is 0 Å². The molecule has 3 rings (SSSR count). The molecule has 2 aromatic rings. The van der Waals surface area contributed by atoms with Crippen molar-refractivity contribution in [1.82, 2.24) is 9.97 Å². The summed E-state index contributed by atoms with van der Waals surface area (Å²) in [5.41, 5.74) is 10.2. The zero-order chi connectivity index (χ0) is 11.7. The summed E-state index contributed by atoms with van der Waals surface area (Å²) in [5, 5.41) is 0. The number of aryl methyl sites for hydroxylation is 2. The Balaban J connectivity index is 1.83. The van der Waals surface area contributed by atoms with Crippen molar-refractivity contribution < 1.29 is 0 Å². The maximum Gasteiger partial charge on any atom is 0.132 e. The minimum absolute atomic E-state index is 0.785. The van der Waals surface area contributed by atoms with Gasteiger partial charge in [0.05, 0.1) is 0 Å². The molecule has 1 aliphatic rings. The highest BCUT2D eigenvalue weighted by molar-refractivity contribution is 5.40. The highest BCUT2D eigenvalue weighted by Gasteiger charge is 2.13. The molecular weight excluding hydrogens is 210 g/mol. The summed E-state index contributed by atoms with van der Waals surface area (Å²) in [4.78, 5) is 9.05. The van der Waals surface area contributed by atoms with Crippen LogP contribution < -0.4 is 5.73 Å². The molecule has 0 radical (unpaired) electrons. The molecule has 0 atom stereocenters. The number of hydrogen-bond acceptors (Lipinski definition) is 3. The number of nitrogens with two attached hydrogens (primary N) is 1. The Morgan fingerprint density at radius 2 is 1.94 bits per heavy atom. The van der Waals surface area contributed by atoms with Gasteiger partial charge in [0.15, 0.2) is 0 Å². The van der Waals surface area contributed by atoms with Crippen LogP contribution in [0.15, 0.2) is 30.5 Å². The molecular formula is C14H15N3. The van der Waals surface area contributed by atoms with Crippen molar-refractivity contribution in [3.63, 3.8) is 0 Å². The number of benzene rings is 1. The number of rotatable bonds is 2. The zero-order valence-electron chi connectivity index (χ0n) is 9.69. The van der Waals surface area contributed by atoms with Crippen LogP contribution in [0.3, 0.4) is 0 Å². The zero-order valence-corrected chi connectivity index (χ0v) is 9.69. The van der Waals surface area contributed by atoms with E-state index in [-0.39, 0.29) is 0 Å². The first-order chi connectivity index (χ1) is 8.31. The summed E-state index contributed by atoms with van der Waals surface area (Å²) in [6.45, 7) is 0. The highest BCUT2D eigenvalue weighted by atomic mass is 14.9. The van der Waals surface area contributed by atoms with E-state index in [9.17, 15) is 0 Å². The first-order valence-electron chi connectivity index (χ1n) is 5.99. The summed E-state index contributed by atoms with van der Waals surface area (Å²) in [7, 11) is 0. The van der Waals surface area contributed by atoms with Crippen LogP contribution in [0, 0.1) is 0 Å². The fraction of sp³-hybridized carbons (Fsp3) is 0.286. The lowest BCUT2D eigenvalue weighted by Crippen LogP contribution is -2.00. The summed E-state index contributed by atoms with van der Waals surface area (Å²) in [6.07, 6.45) is 6.23. The molecule has 3 heteroatoms. The van der Waals surface area contributed by atoms with Crippen molar-refractivity contribution in [3.05, 3.63) is 53.1 Å². The third kappa shape index (κ3) is 2.13. The Kier molecular flexibility index (Phi) is 2.52. The lowest BCUT2D eigenvalue weighted by molar-refractivity contribution is 0.885. The maximum atomic E-state index is 5.66. The van der Waals surface area contributed by atoms with Crippen LogP contribution in [-0.2, 0) is 19.3 Å². The van der Waals surface area contributed by atoms with Crippen molar-refractivity contribution in [2.24, 2.45) is 0 Å². The Morgan fingerprint density at radius 3 is 2.76 bits per heavy atom. The fourth-order valence-electron chi connectivity index (χ4n) is 2.26. The third-order valence-corrected chi connectivity index (χ3v) is 3.21. The second-order valence-electron chi connectivity index (χ2n) is 4.53. The Morgan fingerprint density at radius 1 is 1.12 bits per heavy atom. The maximum absolute atomic E-state index is 5.66. The van der Waals surface area contributed by atoms with Gasteiger partial charge in [0.2, 0.25) is 0 Å². The predicted molar refractivity (Wildman–Crippen MR) is 67.7 cm³/mol. The minimum atomic E-state index is 0.785. The second kappa shape index (κ2) is 4.17. The van der Waals surface area contributed by atoms with E-state index in [2.05, 4.69) is 9.97 Å². The Labute approximate surface area is 101 Å². The van der Waals surface area contributed by atoms with E-state index in [0.717, 1.165) is 30.8 Å². The molecule has 0 spiro atoms. The molecule has 0 amide bonds. The lowest BCUT2D eigenvalue weighted by Gasteiger charge is -2.03. The molecule has 17 heavy (non-hydrogen) atoms. The van der Waals surface area contributed by atoms with E-state index < -0.39 is 0 Å². The molecule has 1 aliphatic carbocycles. The first kappa shape index (κ1) is 10.3. The molecule has 0 unspecified atom stereocenters. The van der Waals surface area contributed by atoms with E-state index in [1.54, 1.807) is 0 Å². The normalized spacial score (nSPS) is 13.6. The van der Waals surface area contributed by atoms with Gasteiger partial charge in [-0.1, -0.05) is 12.1 Å².